The van der Waals surface area contributed by atoms with Crippen LogP contribution in [-0.4, -0.2) is 23.9 Å². The van der Waals surface area contributed by atoms with Crippen LogP contribution in [0.15, 0.2) is 18.2 Å². The molecule has 0 atom stereocenters. The number of nitrogens with one attached hydrogen (secondary N) is 1. The molecule has 0 aliphatic heterocycles. The molecule has 114 valence electrons. The van der Waals surface area contributed by atoms with Crippen LogP contribution in [0, 0.1) is 0 Å². The number of esters is 1. The number of para-hydroxylation sites is 1. The largest absolute Gasteiger partial charge is 0.444 e. The predicted molar refractivity (Wildman–Crippen MR) is 77.6 cm³/mol. The fourth-order valence-electron chi connectivity index (χ4n) is 1.46. The molecule has 0 spiro atoms. The highest BCUT2D eigenvalue weighted by molar-refractivity contribution is 5.93. The van der Waals surface area contributed by atoms with Crippen molar-refractivity contribution in [2.24, 2.45) is 0 Å². The number of aldehydes is 1. The molecular weight excluding hydrogens is 274 g/mol. The molecule has 1 N–H and O–H groups in total. The van der Waals surface area contributed by atoms with Crippen LogP contribution in [-0.2, 0) is 9.53 Å². The van der Waals surface area contributed by atoms with Gasteiger partial charge in [-0.05, 0) is 32.9 Å². The summed E-state index contributed by atoms with van der Waals surface area (Å²) in [5, 5.41) is 2.47. The molecule has 21 heavy (non-hydrogen) atoms. The van der Waals surface area contributed by atoms with Gasteiger partial charge in [0.2, 0.25) is 0 Å². The van der Waals surface area contributed by atoms with Crippen LogP contribution in [0.1, 0.15) is 44.5 Å². The molecule has 0 aromatic heterocycles. The number of ether oxygens (including phenoxy) is 2. The molecule has 0 fully saturated rings. The zero-order valence-corrected chi connectivity index (χ0v) is 12.6. The van der Waals surface area contributed by atoms with E-state index in [-0.39, 0.29) is 23.4 Å². The van der Waals surface area contributed by atoms with Crippen molar-refractivity contribution in [3.8, 4) is 5.75 Å². The Balaban J connectivity index is 3.03. The van der Waals surface area contributed by atoms with Gasteiger partial charge < -0.3 is 9.47 Å². The Morgan fingerprint density at radius 1 is 1.29 bits per heavy atom. The van der Waals surface area contributed by atoms with Crippen molar-refractivity contribution in [1.29, 1.82) is 0 Å². The highest BCUT2D eigenvalue weighted by Crippen LogP contribution is 2.29. The molecule has 0 unspecified atom stereocenters. The van der Waals surface area contributed by atoms with Crippen LogP contribution < -0.4 is 10.1 Å². The van der Waals surface area contributed by atoms with Crippen molar-refractivity contribution in [3.05, 3.63) is 23.8 Å². The van der Waals surface area contributed by atoms with Gasteiger partial charge in [0.25, 0.3) is 0 Å². The lowest BCUT2D eigenvalue weighted by Gasteiger charge is -2.20. The summed E-state index contributed by atoms with van der Waals surface area (Å²) in [6, 6.07) is 4.58. The van der Waals surface area contributed by atoms with E-state index in [4.69, 9.17) is 9.47 Å². The van der Waals surface area contributed by atoms with Gasteiger partial charge >= 0.3 is 12.1 Å². The van der Waals surface area contributed by atoms with Gasteiger partial charge in [0.1, 0.15) is 5.60 Å². The molecule has 1 aromatic carbocycles. The Hall–Kier alpha value is -2.37. The first-order valence-corrected chi connectivity index (χ1v) is 6.55. The Bertz CT molecular complexity index is 545. The summed E-state index contributed by atoms with van der Waals surface area (Å²) in [5.41, 5.74) is -0.284. The van der Waals surface area contributed by atoms with Gasteiger partial charge in [-0.2, -0.15) is 0 Å². The third-order valence-corrected chi connectivity index (χ3v) is 2.31. The number of anilines is 1. The summed E-state index contributed by atoms with van der Waals surface area (Å²) in [6.07, 6.45) is 0.0109. The lowest BCUT2D eigenvalue weighted by molar-refractivity contribution is -0.133. The molecule has 6 heteroatoms. The summed E-state index contributed by atoms with van der Waals surface area (Å²) in [6.45, 7) is 6.82. The summed E-state index contributed by atoms with van der Waals surface area (Å²) in [7, 11) is 0. The van der Waals surface area contributed by atoms with Crippen molar-refractivity contribution >= 4 is 24.0 Å². The first kappa shape index (κ1) is 16.7. The first-order chi connectivity index (χ1) is 9.76. The topological polar surface area (TPSA) is 81.7 Å². The van der Waals surface area contributed by atoms with E-state index in [2.05, 4.69) is 5.32 Å². The maximum Gasteiger partial charge on any atom is 0.412 e. The van der Waals surface area contributed by atoms with Crippen molar-refractivity contribution in [2.75, 3.05) is 5.32 Å². The van der Waals surface area contributed by atoms with E-state index in [1.807, 2.05) is 0 Å². The van der Waals surface area contributed by atoms with Crippen molar-refractivity contribution in [2.45, 2.75) is 39.7 Å². The molecule has 1 aromatic rings. The normalized spacial score (nSPS) is 10.7. The zero-order chi connectivity index (χ0) is 16.0. The van der Waals surface area contributed by atoms with Crippen LogP contribution in [0.3, 0.4) is 0 Å². The Morgan fingerprint density at radius 3 is 2.48 bits per heavy atom. The highest BCUT2D eigenvalue weighted by atomic mass is 16.6. The van der Waals surface area contributed by atoms with Gasteiger partial charge in [0.15, 0.2) is 12.0 Å². The third-order valence-electron chi connectivity index (χ3n) is 2.31. The quantitative estimate of drug-likeness (QED) is 0.524. The van der Waals surface area contributed by atoms with E-state index in [0.717, 1.165) is 0 Å². The van der Waals surface area contributed by atoms with Gasteiger partial charge in [-0.25, -0.2) is 4.79 Å². The minimum atomic E-state index is -0.695. The molecule has 0 aliphatic rings. The van der Waals surface area contributed by atoms with Gasteiger partial charge in [0.05, 0.1) is 11.3 Å². The number of hydrogen-bond donors (Lipinski definition) is 1. The number of benzene rings is 1. The number of carbonyl (C=O) groups is 3. The highest BCUT2D eigenvalue weighted by Gasteiger charge is 2.19. The molecule has 1 rings (SSSR count). The lowest BCUT2D eigenvalue weighted by atomic mass is 10.2. The van der Waals surface area contributed by atoms with Gasteiger partial charge in [-0.3, -0.25) is 14.9 Å². The van der Waals surface area contributed by atoms with Crippen molar-refractivity contribution < 1.29 is 23.9 Å². The number of amides is 1. The van der Waals surface area contributed by atoms with E-state index in [1.165, 1.54) is 12.1 Å². The maximum atomic E-state index is 11.8. The van der Waals surface area contributed by atoms with Gasteiger partial charge in [0, 0.05) is 6.42 Å². The summed E-state index contributed by atoms with van der Waals surface area (Å²) in [4.78, 5) is 34.2. The van der Waals surface area contributed by atoms with Crippen molar-refractivity contribution in [1.82, 2.24) is 0 Å². The van der Waals surface area contributed by atoms with E-state index in [1.54, 1.807) is 33.8 Å². The Kier molecular flexibility index (Phi) is 5.46. The van der Waals surface area contributed by atoms with E-state index >= 15 is 0 Å². The molecule has 6 nitrogen and oxygen atoms in total. The lowest BCUT2D eigenvalue weighted by Crippen LogP contribution is -2.27. The number of rotatable bonds is 4. The molecule has 0 saturated carbocycles. The predicted octanol–water partition coefficient (Wildman–Crippen LogP) is 3.16. The monoisotopic (exact) mass is 293 g/mol. The van der Waals surface area contributed by atoms with E-state index in [9.17, 15) is 14.4 Å². The van der Waals surface area contributed by atoms with E-state index < -0.39 is 17.7 Å². The fraction of sp³-hybridized carbons (Fsp3) is 0.400. The van der Waals surface area contributed by atoms with Crippen molar-refractivity contribution in [3.63, 3.8) is 0 Å². The van der Waals surface area contributed by atoms with Crippen LogP contribution in [0.5, 0.6) is 5.75 Å². The average Bonchev–Trinajstić information content (AvgIpc) is 2.38. The second kappa shape index (κ2) is 6.88. The molecule has 0 radical (unpaired) electrons. The summed E-state index contributed by atoms with van der Waals surface area (Å²) >= 11 is 0. The average molecular weight is 293 g/mol. The number of carbonyl (C=O) groups excluding carboxylic acids is 3. The molecule has 0 saturated heterocycles. The zero-order valence-electron chi connectivity index (χ0n) is 12.6. The minimum absolute atomic E-state index is 0.0187. The molecule has 0 heterocycles. The summed E-state index contributed by atoms with van der Waals surface area (Å²) < 4.78 is 10.2. The van der Waals surface area contributed by atoms with Crippen LogP contribution in [0.25, 0.3) is 0 Å². The second-order valence-electron chi connectivity index (χ2n) is 5.30. The Morgan fingerprint density at radius 2 is 1.95 bits per heavy atom. The third kappa shape index (κ3) is 5.25. The smallest absolute Gasteiger partial charge is 0.412 e. The SMILES string of the molecule is CCC(=O)Oc1c(C=O)cccc1NC(=O)OC(C)(C)C. The van der Waals surface area contributed by atoms with Crippen LogP contribution >= 0.6 is 0 Å². The first-order valence-electron chi connectivity index (χ1n) is 6.55. The van der Waals surface area contributed by atoms with Gasteiger partial charge in [-0.15, -0.1) is 0 Å². The molecule has 0 bridgehead atoms. The molecule has 1 amide bonds. The Labute approximate surface area is 123 Å². The molecule has 0 aliphatic carbocycles. The van der Waals surface area contributed by atoms with Crippen LogP contribution in [0.2, 0.25) is 0 Å². The summed E-state index contributed by atoms with van der Waals surface area (Å²) in [5.74, 6) is -0.484. The second-order valence-corrected chi connectivity index (χ2v) is 5.30. The minimum Gasteiger partial charge on any atom is -0.444 e. The van der Waals surface area contributed by atoms with Crippen LogP contribution in [0.4, 0.5) is 10.5 Å². The fourth-order valence-corrected chi connectivity index (χ4v) is 1.46. The van der Waals surface area contributed by atoms with E-state index in [0.29, 0.717) is 6.29 Å². The standard InChI is InChI=1S/C15H19NO5/c1-5-12(18)20-13-10(9-17)7-6-8-11(13)16-14(19)21-15(2,3)4/h6-9H,5H2,1-4H3,(H,16,19). The number of hydrogen-bond acceptors (Lipinski definition) is 5. The molecular formula is C15H19NO5. The van der Waals surface area contributed by atoms with Gasteiger partial charge in [-0.1, -0.05) is 13.0 Å². The maximum absolute atomic E-state index is 11.8.